The summed E-state index contributed by atoms with van der Waals surface area (Å²) in [4.78, 5) is 17.1. The van der Waals surface area contributed by atoms with Crippen LogP contribution >= 0.6 is 0 Å². The maximum atomic E-state index is 14.5. The molecule has 1 atom stereocenters. The monoisotopic (exact) mass is 467 g/mol. The molecule has 0 saturated carbocycles. The Kier molecular flexibility index (Phi) is 7.31. The molecule has 0 spiro atoms. The minimum absolute atomic E-state index is 0.168. The summed E-state index contributed by atoms with van der Waals surface area (Å²) in [5.41, 5.74) is 3.79. The zero-order valence-electron chi connectivity index (χ0n) is 20.9. The number of hydrogen-bond donors (Lipinski definition) is 0. The highest BCUT2D eigenvalue weighted by Crippen LogP contribution is 2.49. The molecule has 35 heavy (non-hydrogen) atoms. The number of nitrogens with zero attached hydrogens (tertiary/aromatic N) is 3. The standard InChI is InChI=1S/C31H37N3O/c1-32(25-26-15-5-2-6-16-26)34-29-20-10-9-19-28(29)31(30(34)35,27-17-7-3-8-18-27)21-11-14-24-33-22-12-4-13-23-33/h2-3,5-10,15-20H,4,11-14,21-25H2,1H3. The van der Waals surface area contributed by atoms with Crippen LogP contribution in [0.25, 0.3) is 0 Å². The first-order valence-corrected chi connectivity index (χ1v) is 13.2. The highest BCUT2D eigenvalue weighted by molar-refractivity contribution is 6.09. The molecule has 2 aliphatic heterocycles. The lowest BCUT2D eigenvalue weighted by Crippen LogP contribution is -2.48. The number of hydrogen-bond acceptors (Lipinski definition) is 3. The van der Waals surface area contributed by atoms with Crippen molar-refractivity contribution in [3.8, 4) is 0 Å². The Morgan fingerprint density at radius 1 is 0.800 bits per heavy atom. The number of benzene rings is 3. The highest BCUT2D eigenvalue weighted by atomic mass is 16.2. The topological polar surface area (TPSA) is 26.8 Å². The van der Waals surface area contributed by atoms with E-state index in [2.05, 4.69) is 76.6 Å². The van der Waals surface area contributed by atoms with Gasteiger partial charge in [-0.05, 0) is 68.1 Å². The molecular formula is C31H37N3O. The molecule has 4 heteroatoms. The zero-order valence-corrected chi connectivity index (χ0v) is 20.9. The molecule has 3 aromatic rings. The number of hydrazine groups is 1. The Bertz CT molecular complexity index is 1110. The van der Waals surface area contributed by atoms with E-state index in [1.54, 1.807) is 0 Å². The Balaban J connectivity index is 1.44. The summed E-state index contributed by atoms with van der Waals surface area (Å²) in [5.74, 6) is 0.168. The summed E-state index contributed by atoms with van der Waals surface area (Å²) >= 11 is 0. The van der Waals surface area contributed by atoms with Crippen LogP contribution in [0.4, 0.5) is 5.69 Å². The average Bonchev–Trinajstić information content (AvgIpc) is 3.17. The van der Waals surface area contributed by atoms with Crippen molar-refractivity contribution in [1.82, 2.24) is 9.91 Å². The summed E-state index contributed by atoms with van der Waals surface area (Å²) < 4.78 is 0. The van der Waals surface area contributed by atoms with Crippen molar-refractivity contribution in [2.24, 2.45) is 0 Å². The van der Waals surface area contributed by atoms with Crippen LogP contribution in [-0.4, -0.2) is 42.5 Å². The summed E-state index contributed by atoms with van der Waals surface area (Å²) in [6, 6.07) is 29.2. The average molecular weight is 468 g/mol. The van der Waals surface area contributed by atoms with E-state index < -0.39 is 5.41 Å². The van der Waals surface area contributed by atoms with Crippen LogP contribution < -0.4 is 5.01 Å². The van der Waals surface area contributed by atoms with Crippen LogP contribution in [0.5, 0.6) is 0 Å². The first-order chi connectivity index (χ1) is 17.2. The van der Waals surface area contributed by atoms with Crippen LogP contribution in [0.3, 0.4) is 0 Å². The van der Waals surface area contributed by atoms with Crippen molar-refractivity contribution in [3.05, 3.63) is 102 Å². The van der Waals surface area contributed by atoms with E-state index in [9.17, 15) is 4.79 Å². The lowest BCUT2D eigenvalue weighted by molar-refractivity contribution is -0.124. The van der Waals surface area contributed by atoms with Gasteiger partial charge in [-0.3, -0.25) is 4.79 Å². The van der Waals surface area contributed by atoms with E-state index in [1.165, 1.54) is 37.9 Å². The number of rotatable bonds is 9. The van der Waals surface area contributed by atoms with E-state index in [0.29, 0.717) is 6.54 Å². The number of carbonyl (C=O) groups is 1. The predicted molar refractivity (Wildman–Crippen MR) is 143 cm³/mol. The lowest BCUT2D eigenvalue weighted by atomic mass is 9.72. The summed E-state index contributed by atoms with van der Waals surface area (Å²) in [5, 5.41) is 4.01. The molecule has 0 N–H and O–H groups in total. The number of likely N-dealkylation sites (tertiary alicyclic amines) is 1. The Hall–Kier alpha value is -2.95. The largest absolute Gasteiger partial charge is 0.303 e. The molecule has 1 unspecified atom stereocenters. The van der Waals surface area contributed by atoms with Crippen LogP contribution in [0.2, 0.25) is 0 Å². The second kappa shape index (κ2) is 10.8. The van der Waals surface area contributed by atoms with Crippen molar-refractivity contribution in [1.29, 1.82) is 0 Å². The van der Waals surface area contributed by atoms with E-state index in [-0.39, 0.29) is 5.91 Å². The van der Waals surface area contributed by atoms with Gasteiger partial charge in [-0.2, -0.15) is 0 Å². The van der Waals surface area contributed by atoms with Crippen LogP contribution in [0.1, 0.15) is 55.2 Å². The Labute approximate surface area is 210 Å². The van der Waals surface area contributed by atoms with Crippen molar-refractivity contribution in [2.45, 2.75) is 50.5 Å². The van der Waals surface area contributed by atoms with Gasteiger partial charge < -0.3 is 4.90 Å². The minimum atomic E-state index is -0.648. The van der Waals surface area contributed by atoms with Gasteiger partial charge in [0.25, 0.3) is 5.91 Å². The molecule has 182 valence electrons. The zero-order chi connectivity index (χ0) is 24.1. The van der Waals surface area contributed by atoms with Crippen LogP contribution in [0, 0.1) is 0 Å². The molecule has 0 aromatic heterocycles. The fraction of sp³-hybridized carbons (Fsp3) is 0.387. The third kappa shape index (κ3) is 4.78. The van der Waals surface area contributed by atoms with E-state index >= 15 is 0 Å². The minimum Gasteiger partial charge on any atom is -0.303 e. The summed E-state index contributed by atoms with van der Waals surface area (Å²) in [6.07, 6.45) is 7.00. The maximum absolute atomic E-state index is 14.5. The van der Waals surface area contributed by atoms with E-state index in [0.717, 1.165) is 42.6 Å². The predicted octanol–water partition coefficient (Wildman–Crippen LogP) is 6.02. The second-order valence-electron chi connectivity index (χ2n) is 10.1. The van der Waals surface area contributed by atoms with Gasteiger partial charge in [-0.15, -0.1) is 0 Å². The van der Waals surface area contributed by atoms with Crippen molar-refractivity contribution < 1.29 is 4.79 Å². The van der Waals surface area contributed by atoms with Crippen LogP contribution in [0.15, 0.2) is 84.9 Å². The van der Waals surface area contributed by atoms with Crippen molar-refractivity contribution in [3.63, 3.8) is 0 Å². The van der Waals surface area contributed by atoms with Crippen molar-refractivity contribution >= 4 is 11.6 Å². The number of fused-ring (bicyclic) bond motifs is 1. The second-order valence-corrected chi connectivity index (χ2v) is 10.1. The fourth-order valence-electron chi connectivity index (χ4n) is 5.98. The molecule has 0 bridgehead atoms. The number of carbonyl (C=O) groups excluding carboxylic acids is 1. The summed E-state index contributed by atoms with van der Waals surface area (Å²) in [7, 11) is 2.03. The van der Waals surface area contributed by atoms with Gasteiger partial charge in [-0.1, -0.05) is 91.7 Å². The number of para-hydroxylation sites is 1. The molecule has 2 aliphatic rings. The Morgan fingerprint density at radius 3 is 2.20 bits per heavy atom. The van der Waals surface area contributed by atoms with Gasteiger partial charge in [-0.25, -0.2) is 10.0 Å². The molecule has 5 rings (SSSR count). The van der Waals surface area contributed by atoms with Gasteiger partial charge in [0.2, 0.25) is 0 Å². The third-order valence-electron chi connectivity index (χ3n) is 7.74. The molecule has 3 aromatic carbocycles. The van der Waals surface area contributed by atoms with E-state index in [4.69, 9.17) is 0 Å². The third-order valence-corrected chi connectivity index (χ3v) is 7.74. The molecular weight excluding hydrogens is 430 g/mol. The molecule has 1 amide bonds. The van der Waals surface area contributed by atoms with Gasteiger partial charge in [0.15, 0.2) is 0 Å². The van der Waals surface area contributed by atoms with Crippen LogP contribution in [-0.2, 0) is 16.8 Å². The number of anilines is 1. The summed E-state index contributed by atoms with van der Waals surface area (Å²) in [6.45, 7) is 4.27. The highest BCUT2D eigenvalue weighted by Gasteiger charge is 2.52. The van der Waals surface area contributed by atoms with E-state index in [1.807, 2.05) is 30.3 Å². The quantitative estimate of drug-likeness (QED) is 0.360. The molecule has 0 aliphatic carbocycles. The number of amides is 1. The van der Waals surface area contributed by atoms with Gasteiger partial charge in [0, 0.05) is 13.6 Å². The lowest BCUT2D eigenvalue weighted by Gasteiger charge is -2.33. The Morgan fingerprint density at radius 2 is 1.46 bits per heavy atom. The van der Waals surface area contributed by atoms with Crippen molar-refractivity contribution in [2.75, 3.05) is 31.7 Å². The van der Waals surface area contributed by atoms with Gasteiger partial charge in [0.05, 0.1) is 5.69 Å². The molecule has 4 nitrogen and oxygen atoms in total. The number of piperidine rings is 1. The first-order valence-electron chi connectivity index (χ1n) is 13.2. The smallest absolute Gasteiger partial charge is 0.256 e. The maximum Gasteiger partial charge on any atom is 0.256 e. The van der Waals surface area contributed by atoms with Gasteiger partial charge >= 0.3 is 0 Å². The molecule has 1 saturated heterocycles. The fourth-order valence-corrected chi connectivity index (χ4v) is 5.98. The first kappa shape index (κ1) is 23.8. The number of unbranched alkanes of at least 4 members (excludes halogenated alkanes) is 1. The molecule has 2 heterocycles. The SMILES string of the molecule is CN(Cc1ccccc1)N1C(=O)C(CCCCN2CCCCC2)(c2ccccc2)c2ccccc21. The normalized spacial score (nSPS) is 20.4. The molecule has 0 radical (unpaired) electrons. The van der Waals surface area contributed by atoms with Gasteiger partial charge in [0.1, 0.15) is 5.41 Å². The molecule has 1 fully saturated rings.